The molecule has 0 radical (unpaired) electrons. The monoisotopic (exact) mass is 474 g/mol. The zero-order valence-electron chi connectivity index (χ0n) is 18.6. The number of benzene rings is 2. The second-order valence-electron chi connectivity index (χ2n) is 7.74. The minimum Gasteiger partial charge on any atom is -0.508 e. The summed E-state index contributed by atoms with van der Waals surface area (Å²) in [5.74, 6) is -1.98. The summed E-state index contributed by atoms with van der Waals surface area (Å²) in [5.41, 5.74) is 0.635. The van der Waals surface area contributed by atoms with E-state index in [1.165, 1.54) is 62.5 Å². The molecule has 9 nitrogen and oxygen atoms in total. The molecule has 2 aromatic rings. The van der Waals surface area contributed by atoms with E-state index in [0.29, 0.717) is 18.6 Å². The van der Waals surface area contributed by atoms with Gasteiger partial charge in [0.05, 0.1) is 16.5 Å². The van der Waals surface area contributed by atoms with Gasteiger partial charge in [0.2, 0.25) is 10.0 Å². The molecule has 1 heterocycles. The fourth-order valence-corrected chi connectivity index (χ4v) is 4.55. The first-order chi connectivity index (χ1) is 15.6. The highest BCUT2D eigenvalue weighted by Crippen LogP contribution is 2.40. The van der Waals surface area contributed by atoms with Crippen molar-refractivity contribution in [2.24, 2.45) is 0 Å². The molecule has 1 aliphatic heterocycles. The van der Waals surface area contributed by atoms with Crippen molar-refractivity contribution in [2.45, 2.75) is 17.4 Å². The highest BCUT2D eigenvalue weighted by Gasteiger charge is 2.45. The van der Waals surface area contributed by atoms with E-state index in [0.717, 1.165) is 4.31 Å². The molecule has 2 N–H and O–H groups in total. The van der Waals surface area contributed by atoms with E-state index in [2.05, 4.69) is 0 Å². The van der Waals surface area contributed by atoms with E-state index >= 15 is 0 Å². The SMILES string of the molecule is COCCCN1C(=O)C(=O)/C(=C(/O)c2ccc(S(=O)(=O)N(C)C)cc2)C1c1ccc(O)cc1. The number of carbonyl (C=O) groups excluding carboxylic acids is 2. The Morgan fingerprint density at radius 1 is 1.06 bits per heavy atom. The van der Waals surface area contributed by atoms with Crippen LogP contribution in [0.3, 0.4) is 0 Å². The molecule has 0 aromatic heterocycles. The third-order valence-corrected chi connectivity index (χ3v) is 7.23. The Balaban J connectivity index is 2.09. The fraction of sp³-hybridized carbons (Fsp3) is 0.304. The molecule has 1 amide bonds. The Morgan fingerprint density at radius 3 is 2.21 bits per heavy atom. The largest absolute Gasteiger partial charge is 0.508 e. The topological polar surface area (TPSA) is 124 Å². The van der Waals surface area contributed by atoms with Gasteiger partial charge in [0.15, 0.2) is 0 Å². The van der Waals surface area contributed by atoms with Crippen LogP contribution in [0.4, 0.5) is 0 Å². The minimum atomic E-state index is -3.67. The molecule has 3 rings (SSSR count). The highest BCUT2D eigenvalue weighted by molar-refractivity contribution is 7.89. The Kier molecular flexibility index (Phi) is 7.21. The highest BCUT2D eigenvalue weighted by atomic mass is 32.2. The second-order valence-corrected chi connectivity index (χ2v) is 9.89. The zero-order valence-corrected chi connectivity index (χ0v) is 19.4. The number of methoxy groups -OCH3 is 1. The third-order valence-electron chi connectivity index (χ3n) is 5.40. The molecule has 1 saturated heterocycles. The number of likely N-dealkylation sites (tertiary alicyclic amines) is 1. The number of phenols is 1. The van der Waals surface area contributed by atoms with Gasteiger partial charge in [0, 0.05) is 39.9 Å². The van der Waals surface area contributed by atoms with Crippen LogP contribution in [0.15, 0.2) is 59.0 Å². The number of rotatable bonds is 8. The Labute approximate surface area is 192 Å². The van der Waals surface area contributed by atoms with Crippen LogP contribution < -0.4 is 0 Å². The number of sulfonamides is 1. The number of carbonyl (C=O) groups is 2. The third kappa shape index (κ3) is 4.77. The molecule has 1 fully saturated rings. The summed E-state index contributed by atoms with van der Waals surface area (Å²) in [6.07, 6.45) is 0.481. The molecule has 0 saturated carbocycles. The first kappa shape index (κ1) is 24.4. The summed E-state index contributed by atoms with van der Waals surface area (Å²) in [6, 6.07) is 10.6. The number of hydrogen-bond acceptors (Lipinski definition) is 7. The number of aromatic hydroxyl groups is 1. The number of aliphatic hydroxyl groups excluding tert-OH is 1. The van der Waals surface area contributed by atoms with Gasteiger partial charge in [-0.15, -0.1) is 0 Å². The first-order valence-corrected chi connectivity index (χ1v) is 11.6. The molecule has 0 aliphatic carbocycles. The van der Waals surface area contributed by atoms with Gasteiger partial charge in [0.25, 0.3) is 11.7 Å². The normalized spacial score (nSPS) is 18.3. The van der Waals surface area contributed by atoms with Gasteiger partial charge in [-0.05, 0) is 48.4 Å². The fourth-order valence-electron chi connectivity index (χ4n) is 3.64. The van der Waals surface area contributed by atoms with Gasteiger partial charge in [-0.2, -0.15) is 0 Å². The van der Waals surface area contributed by atoms with Crippen molar-refractivity contribution < 1.29 is 33.0 Å². The van der Waals surface area contributed by atoms with Crippen LogP contribution in [0.25, 0.3) is 5.76 Å². The van der Waals surface area contributed by atoms with Crippen molar-refractivity contribution in [3.05, 3.63) is 65.2 Å². The number of ketones is 1. The predicted molar refractivity (Wildman–Crippen MR) is 121 cm³/mol. The van der Waals surface area contributed by atoms with Gasteiger partial charge in [-0.3, -0.25) is 9.59 Å². The minimum absolute atomic E-state index is 0.0211. The Hall–Kier alpha value is -3.21. The average molecular weight is 475 g/mol. The molecular formula is C23H26N2O7S. The number of amides is 1. The Morgan fingerprint density at radius 2 is 1.67 bits per heavy atom. The molecule has 1 aliphatic rings. The van der Waals surface area contributed by atoms with Crippen LogP contribution in [0.2, 0.25) is 0 Å². The zero-order chi connectivity index (χ0) is 24.3. The molecule has 176 valence electrons. The van der Waals surface area contributed by atoms with Gasteiger partial charge in [0.1, 0.15) is 11.5 Å². The van der Waals surface area contributed by atoms with E-state index in [9.17, 15) is 28.2 Å². The molecule has 2 aromatic carbocycles. The summed E-state index contributed by atoms with van der Waals surface area (Å²) in [7, 11) is 0.684. The lowest BCUT2D eigenvalue weighted by molar-refractivity contribution is -0.140. The Bertz CT molecular complexity index is 1170. The van der Waals surface area contributed by atoms with Crippen molar-refractivity contribution in [3.63, 3.8) is 0 Å². The molecule has 0 spiro atoms. The number of hydrogen-bond donors (Lipinski definition) is 2. The van der Waals surface area contributed by atoms with Crippen LogP contribution in [0, 0.1) is 0 Å². The second kappa shape index (κ2) is 9.74. The molecule has 0 bridgehead atoms. The van der Waals surface area contributed by atoms with Gasteiger partial charge >= 0.3 is 0 Å². The molecule has 10 heteroatoms. The number of aliphatic hydroxyl groups is 1. The van der Waals surface area contributed by atoms with Crippen molar-refractivity contribution in [1.82, 2.24) is 9.21 Å². The maximum Gasteiger partial charge on any atom is 0.295 e. The summed E-state index contributed by atoms with van der Waals surface area (Å²) in [6.45, 7) is 0.605. The standard InChI is InChI=1S/C23H26N2O7S/c1-24(2)33(30,31)18-11-7-16(8-12-18)21(27)19-20(15-5-9-17(26)10-6-15)25(13-4-14-32-3)23(29)22(19)28/h5-12,20,26-27H,4,13-14H2,1-3H3/b21-19+. The lowest BCUT2D eigenvalue weighted by Gasteiger charge is -2.25. The van der Waals surface area contributed by atoms with Crippen LogP contribution >= 0.6 is 0 Å². The molecule has 1 unspecified atom stereocenters. The summed E-state index contributed by atoms with van der Waals surface area (Å²) >= 11 is 0. The van der Waals surface area contributed by atoms with Crippen LogP contribution in [-0.2, 0) is 24.3 Å². The number of nitrogens with zero attached hydrogens (tertiary/aromatic N) is 2. The van der Waals surface area contributed by atoms with Crippen LogP contribution in [0.5, 0.6) is 5.75 Å². The molecule has 33 heavy (non-hydrogen) atoms. The van der Waals surface area contributed by atoms with E-state index in [-0.39, 0.29) is 28.3 Å². The van der Waals surface area contributed by atoms with Crippen LogP contribution in [0.1, 0.15) is 23.6 Å². The van der Waals surface area contributed by atoms with E-state index in [1.807, 2.05) is 0 Å². The average Bonchev–Trinajstić information content (AvgIpc) is 3.04. The first-order valence-electron chi connectivity index (χ1n) is 10.2. The lowest BCUT2D eigenvalue weighted by Crippen LogP contribution is -2.31. The number of ether oxygens (including phenoxy) is 1. The van der Waals surface area contributed by atoms with E-state index in [4.69, 9.17) is 4.74 Å². The number of Topliss-reactive ketones (excluding diaryl/α,β-unsaturated/α-hetero) is 1. The van der Waals surface area contributed by atoms with E-state index in [1.54, 1.807) is 12.1 Å². The quantitative estimate of drug-likeness (QED) is 0.260. The molecular weight excluding hydrogens is 448 g/mol. The predicted octanol–water partition coefficient (Wildman–Crippen LogP) is 2.10. The maximum atomic E-state index is 12.9. The van der Waals surface area contributed by atoms with Gasteiger partial charge in [-0.1, -0.05) is 12.1 Å². The van der Waals surface area contributed by atoms with Gasteiger partial charge in [-0.25, -0.2) is 12.7 Å². The maximum absolute atomic E-state index is 12.9. The molecule has 1 atom stereocenters. The summed E-state index contributed by atoms with van der Waals surface area (Å²) in [5, 5.41) is 20.7. The summed E-state index contributed by atoms with van der Waals surface area (Å²) < 4.78 is 30.7. The van der Waals surface area contributed by atoms with E-state index < -0.39 is 33.5 Å². The smallest absolute Gasteiger partial charge is 0.295 e. The van der Waals surface area contributed by atoms with Crippen molar-refractivity contribution in [3.8, 4) is 5.75 Å². The van der Waals surface area contributed by atoms with Crippen molar-refractivity contribution in [1.29, 1.82) is 0 Å². The summed E-state index contributed by atoms with van der Waals surface area (Å²) in [4.78, 5) is 27.1. The van der Waals surface area contributed by atoms with Crippen molar-refractivity contribution in [2.75, 3.05) is 34.4 Å². The van der Waals surface area contributed by atoms with Crippen molar-refractivity contribution >= 4 is 27.5 Å². The van der Waals surface area contributed by atoms with Gasteiger partial charge < -0.3 is 19.8 Å². The van der Waals surface area contributed by atoms with Crippen LogP contribution in [-0.4, -0.2) is 73.9 Å². The number of phenolic OH excluding ortho intramolecular Hbond substituents is 1. The lowest BCUT2D eigenvalue weighted by atomic mass is 9.95.